The SMILES string of the molecule is CCc1ccccc1OCC(C)NN. The van der Waals surface area contributed by atoms with Gasteiger partial charge < -0.3 is 4.74 Å². The van der Waals surface area contributed by atoms with Crippen molar-refractivity contribution in [2.45, 2.75) is 26.3 Å². The van der Waals surface area contributed by atoms with Crippen molar-refractivity contribution in [2.75, 3.05) is 6.61 Å². The Morgan fingerprint density at radius 3 is 2.79 bits per heavy atom. The fourth-order valence-electron chi connectivity index (χ4n) is 1.20. The van der Waals surface area contributed by atoms with Crippen molar-refractivity contribution >= 4 is 0 Å². The first-order chi connectivity index (χ1) is 6.77. The van der Waals surface area contributed by atoms with Crippen LogP contribution in [0, 0.1) is 0 Å². The van der Waals surface area contributed by atoms with Crippen LogP contribution in [0.3, 0.4) is 0 Å². The zero-order valence-electron chi connectivity index (χ0n) is 8.79. The fourth-order valence-corrected chi connectivity index (χ4v) is 1.20. The lowest BCUT2D eigenvalue weighted by molar-refractivity contribution is 0.272. The molecule has 1 unspecified atom stereocenters. The van der Waals surface area contributed by atoms with Crippen LogP contribution in [0.5, 0.6) is 5.75 Å². The lowest BCUT2D eigenvalue weighted by atomic mass is 10.1. The number of nitrogens with two attached hydrogens (primary N) is 1. The Hall–Kier alpha value is -1.06. The van der Waals surface area contributed by atoms with E-state index in [0.717, 1.165) is 12.2 Å². The largest absolute Gasteiger partial charge is 0.492 e. The van der Waals surface area contributed by atoms with Crippen molar-refractivity contribution in [3.05, 3.63) is 29.8 Å². The summed E-state index contributed by atoms with van der Waals surface area (Å²) >= 11 is 0. The van der Waals surface area contributed by atoms with Gasteiger partial charge in [-0.15, -0.1) is 0 Å². The van der Waals surface area contributed by atoms with Crippen LogP contribution in [0.1, 0.15) is 19.4 Å². The molecule has 78 valence electrons. The minimum atomic E-state index is 0.167. The van der Waals surface area contributed by atoms with Crippen molar-refractivity contribution in [3.63, 3.8) is 0 Å². The number of hydrogen-bond acceptors (Lipinski definition) is 3. The average molecular weight is 194 g/mol. The van der Waals surface area contributed by atoms with Crippen molar-refractivity contribution in [3.8, 4) is 5.75 Å². The monoisotopic (exact) mass is 194 g/mol. The number of nitrogens with one attached hydrogen (secondary N) is 1. The van der Waals surface area contributed by atoms with E-state index in [9.17, 15) is 0 Å². The van der Waals surface area contributed by atoms with Gasteiger partial charge in [0.15, 0.2) is 0 Å². The van der Waals surface area contributed by atoms with Gasteiger partial charge in [-0.1, -0.05) is 25.1 Å². The molecular formula is C11H18N2O. The lowest BCUT2D eigenvalue weighted by Gasteiger charge is -2.13. The quantitative estimate of drug-likeness (QED) is 0.551. The molecule has 0 aromatic heterocycles. The van der Waals surface area contributed by atoms with Crippen molar-refractivity contribution in [1.29, 1.82) is 0 Å². The van der Waals surface area contributed by atoms with Gasteiger partial charge in [-0.3, -0.25) is 11.3 Å². The first-order valence-corrected chi connectivity index (χ1v) is 4.94. The normalized spacial score (nSPS) is 12.5. The summed E-state index contributed by atoms with van der Waals surface area (Å²) in [7, 11) is 0. The van der Waals surface area contributed by atoms with E-state index in [1.807, 2.05) is 25.1 Å². The molecule has 0 spiro atoms. The Labute approximate surface area is 85.2 Å². The number of rotatable bonds is 5. The number of para-hydroxylation sites is 1. The van der Waals surface area contributed by atoms with E-state index in [-0.39, 0.29) is 6.04 Å². The second kappa shape index (κ2) is 5.62. The Morgan fingerprint density at radius 1 is 1.43 bits per heavy atom. The lowest BCUT2D eigenvalue weighted by Crippen LogP contribution is -2.37. The molecule has 0 heterocycles. The highest BCUT2D eigenvalue weighted by atomic mass is 16.5. The van der Waals surface area contributed by atoms with Gasteiger partial charge in [0.25, 0.3) is 0 Å². The molecule has 0 aliphatic rings. The molecule has 1 aromatic rings. The zero-order chi connectivity index (χ0) is 10.4. The number of benzene rings is 1. The maximum Gasteiger partial charge on any atom is 0.122 e. The number of ether oxygens (including phenoxy) is 1. The summed E-state index contributed by atoms with van der Waals surface area (Å²) in [6, 6.07) is 8.24. The number of hydrazine groups is 1. The predicted molar refractivity (Wildman–Crippen MR) is 58.1 cm³/mol. The second-order valence-corrected chi connectivity index (χ2v) is 3.34. The summed E-state index contributed by atoms with van der Waals surface area (Å²) in [6.07, 6.45) is 0.987. The van der Waals surface area contributed by atoms with Crippen LogP contribution in [-0.4, -0.2) is 12.6 Å². The van der Waals surface area contributed by atoms with Gasteiger partial charge in [-0.05, 0) is 25.0 Å². The molecule has 0 bridgehead atoms. The van der Waals surface area contributed by atoms with E-state index in [1.54, 1.807) is 0 Å². The smallest absolute Gasteiger partial charge is 0.122 e. The van der Waals surface area contributed by atoms with Crippen LogP contribution in [-0.2, 0) is 6.42 Å². The Morgan fingerprint density at radius 2 is 2.14 bits per heavy atom. The van der Waals surface area contributed by atoms with Gasteiger partial charge in [0, 0.05) is 0 Å². The fraction of sp³-hybridized carbons (Fsp3) is 0.455. The van der Waals surface area contributed by atoms with Crippen LogP contribution in [0.25, 0.3) is 0 Å². The second-order valence-electron chi connectivity index (χ2n) is 3.34. The summed E-state index contributed by atoms with van der Waals surface area (Å²) in [5.74, 6) is 6.23. The number of hydrogen-bond donors (Lipinski definition) is 2. The van der Waals surface area contributed by atoms with Gasteiger partial charge in [0.1, 0.15) is 12.4 Å². The van der Waals surface area contributed by atoms with E-state index in [4.69, 9.17) is 10.6 Å². The van der Waals surface area contributed by atoms with E-state index in [1.165, 1.54) is 5.56 Å². The van der Waals surface area contributed by atoms with Gasteiger partial charge in [0.05, 0.1) is 6.04 Å². The first-order valence-electron chi connectivity index (χ1n) is 4.94. The van der Waals surface area contributed by atoms with E-state index < -0.39 is 0 Å². The minimum absolute atomic E-state index is 0.167. The summed E-state index contributed by atoms with van der Waals surface area (Å²) in [5, 5.41) is 0. The Balaban J connectivity index is 2.57. The van der Waals surface area contributed by atoms with Gasteiger partial charge in [-0.25, -0.2) is 0 Å². The third kappa shape index (κ3) is 3.01. The van der Waals surface area contributed by atoms with Crippen LogP contribution in [0.4, 0.5) is 0 Å². The molecule has 0 aliphatic heterocycles. The molecule has 0 fully saturated rings. The average Bonchev–Trinajstić information content (AvgIpc) is 2.26. The van der Waals surface area contributed by atoms with E-state index >= 15 is 0 Å². The van der Waals surface area contributed by atoms with Crippen molar-refractivity contribution < 1.29 is 4.74 Å². The van der Waals surface area contributed by atoms with E-state index in [2.05, 4.69) is 18.4 Å². The molecule has 0 radical (unpaired) electrons. The van der Waals surface area contributed by atoms with Crippen LogP contribution in [0.15, 0.2) is 24.3 Å². The van der Waals surface area contributed by atoms with Crippen LogP contribution in [0.2, 0.25) is 0 Å². The molecule has 0 saturated heterocycles. The summed E-state index contributed by atoms with van der Waals surface area (Å²) in [4.78, 5) is 0. The summed E-state index contributed by atoms with van der Waals surface area (Å²) in [5.41, 5.74) is 3.88. The summed E-state index contributed by atoms with van der Waals surface area (Å²) in [6.45, 7) is 4.69. The van der Waals surface area contributed by atoms with Crippen LogP contribution >= 0.6 is 0 Å². The molecule has 14 heavy (non-hydrogen) atoms. The topological polar surface area (TPSA) is 47.3 Å². The van der Waals surface area contributed by atoms with E-state index in [0.29, 0.717) is 6.61 Å². The first kappa shape index (κ1) is 11.0. The molecule has 3 heteroatoms. The molecule has 1 rings (SSSR count). The van der Waals surface area contributed by atoms with Gasteiger partial charge in [0.2, 0.25) is 0 Å². The molecule has 1 atom stereocenters. The third-order valence-electron chi connectivity index (χ3n) is 2.13. The molecule has 1 aromatic carbocycles. The van der Waals surface area contributed by atoms with Crippen molar-refractivity contribution in [1.82, 2.24) is 5.43 Å². The maximum atomic E-state index is 5.64. The minimum Gasteiger partial charge on any atom is -0.492 e. The predicted octanol–water partition coefficient (Wildman–Crippen LogP) is 1.48. The highest BCUT2D eigenvalue weighted by molar-refractivity contribution is 5.33. The number of aryl methyl sites for hydroxylation is 1. The Bertz CT molecular complexity index is 276. The molecule has 3 N–H and O–H groups in total. The molecular weight excluding hydrogens is 176 g/mol. The highest BCUT2D eigenvalue weighted by Crippen LogP contribution is 2.18. The third-order valence-corrected chi connectivity index (χ3v) is 2.13. The zero-order valence-corrected chi connectivity index (χ0v) is 8.79. The Kier molecular flexibility index (Phi) is 4.43. The van der Waals surface area contributed by atoms with Gasteiger partial charge >= 0.3 is 0 Å². The maximum absolute atomic E-state index is 5.64. The summed E-state index contributed by atoms with van der Waals surface area (Å²) < 4.78 is 5.64. The van der Waals surface area contributed by atoms with Gasteiger partial charge in [-0.2, -0.15) is 0 Å². The molecule has 0 aliphatic carbocycles. The molecule has 3 nitrogen and oxygen atoms in total. The standard InChI is InChI=1S/C11H18N2O/c1-3-10-6-4-5-7-11(10)14-8-9(2)13-12/h4-7,9,13H,3,8,12H2,1-2H3. The van der Waals surface area contributed by atoms with Crippen LogP contribution < -0.4 is 16.0 Å². The van der Waals surface area contributed by atoms with Crippen molar-refractivity contribution in [2.24, 2.45) is 5.84 Å². The molecule has 0 amide bonds. The highest BCUT2D eigenvalue weighted by Gasteiger charge is 2.03. The molecule has 0 saturated carbocycles.